The SMILES string of the molecule is CCNC(C)(CO)CCCCOCCOCC. The summed E-state index contributed by atoms with van der Waals surface area (Å²) in [6, 6.07) is 0. The summed E-state index contributed by atoms with van der Waals surface area (Å²) in [6.07, 6.45) is 3.08. The second-order valence-electron chi connectivity index (χ2n) is 4.52. The highest BCUT2D eigenvalue weighted by Crippen LogP contribution is 2.12. The van der Waals surface area contributed by atoms with E-state index >= 15 is 0 Å². The number of hydrogen-bond donors (Lipinski definition) is 2. The van der Waals surface area contributed by atoms with E-state index in [-0.39, 0.29) is 12.1 Å². The van der Waals surface area contributed by atoms with Crippen molar-refractivity contribution in [3.63, 3.8) is 0 Å². The van der Waals surface area contributed by atoms with Crippen LogP contribution in [0.1, 0.15) is 40.0 Å². The summed E-state index contributed by atoms with van der Waals surface area (Å²) in [5.41, 5.74) is -0.139. The Morgan fingerprint density at radius 3 is 2.35 bits per heavy atom. The largest absolute Gasteiger partial charge is 0.394 e. The first kappa shape index (κ1) is 16.8. The fourth-order valence-corrected chi connectivity index (χ4v) is 1.73. The van der Waals surface area contributed by atoms with Crippen molar-refractivity contribution in [1.82, 2.24) is 5.32 Å². The second-order valence-corrected chi connectivity index (χ2v) is 4.52. The van der Waals surface area contributed by atoms with Gasteiger partial charge in [0.2, 0.25) is 0 Å². The van der Waals surface area contributed by atoms with E-state index in [1.54, 1.807) is 0 Å². The van der Waals surface area contributed by atoms with Gasteiger partial charge < -0.3 is 19.9 Å². The van der Waals surface area contributed by atoms with Crippen LogP contribution in [-0.4, -0.2) is 50.2 Å². The van der Waals surface area contributed by atoms with E-state index in [2.05, 4.69) is 19.2 Å². The van der Waals surface area contributed by atoms with Crippen molar-refractivity contribution in [3.05, 3.63) is 0 Å². The average Bonchev–Trinajstić information content (AvgIpc) is 2.33. The minimum Gasteiger partial charge on any atom is -0.394 e. The molecule has 0 heterocycles. The average molecular weight is 247 g/mol. The smallest absolute Gasteiger partial charge is 0.0700 e. The van der Waals surface area contributed by atoms with E-state index in [4.69, 9.17) is 9.47 Å². The number of hydrogen-bond acceptors (Lipinski definition) is 4. The van der Waals surface area contributed by atoms with Crippen molar-refractivity contribution < 1.29 is 14.6 Å². The molecule has 1 unspecified atom stereocenters. The number of aliphatic hydroxyl groups is 1. The molecule has 0 fully saturated rings. The van der Waals surface area contributed by atoms with Crippen LogP contribution in [-0.2, 0) is 9.47 Å². The maximum absolute atomic E-state index is 9.31. The highest BCUT2D eigenvalue weighted by Gasteiger charge is 2.20. The molecule has 4 nitrogen and oxygen atoms in total. The van der Waals surface area contributed by atoms with Gasteiger partial charge in [0.15, 0.2) is 0 Å². The van der Waals surface area contributed by atoms with Gasteiger partial charge >= 0.3 is 0 Å². The standard InChI is InChI=1S/C13H29NO3/c1-4-14-13(3,12-15)8-6-7-9-17-11-10-16-5-2/h14-15H,4-12H2,1-3H3. The van der Waals surface area contributed by atoms with E-state index in [1.165, 1.54) is 0 Å². The van der Waals surface area contributed by atoms with Gasteiger partial charge in [0.05, 0.1) is 19.8 Å². The first-order chi connectivity index (χ1) is 8.18. The van der Waals surface area contributed by atoms with Crippen molar-refractivity contribution in [1.29, 1.82) is 0 Å². The third-order valence-electron chi connectivity index (χ3n) is 2.80. The Labute approximate surface area is 106 Å². The lowest BCUT2D eigenvalue weighted by Gasteiger charge is -2.28. The molecular formula is C13H29NO3. The Balaban J connectivity index is 3.37. The quantitative estimate of drug-likeness (QED) is 0.514. The van der Waals surface area contributed by atoms with Crippen LogP contribution in [0.4, 0.5) is 0 Å². The predicted octanol–water partition coefficient (Wildman–Crippen LogP) is 1.57. The van der Waals surface area contributed by atoms with Crippen molar-refractivity contribution in [2.75, 3.05) is 39.6 Å². The lowest BCUT2D eigenvalue weighted by Crippen LogP contribution is -2.45. The van der Waals surface area contributed by atoms with Crippen LogP contribution in [0.2, 0.25) is 0 Å². The number of likely N-dealkylation sites (N-methyl/N-ethyl adjacent to an activating group) is 1. The Bertz CT molecular complexity index is 167. The van der Waals surface area contributed by atoms with Crippen molar-refractivity contribution in [2.24, 2.45) is 0 Å². The van der Waals surface area contributed by atoms with Crippen LogP contribution >= 0.6 is 0 Å². The number of ether oxygens (including phenoxy) is 2. The Morgan fingerprint density at radius 2 is 1.76 bits per heavy atom. The topological polar surface area (TPSA) is 50.7 Å². The first-order valence-electron chi connectivity index (χ1n) is 6.70. The normalized spacial score (nSPS) is 14.8. The lowest BCUT2D eigenvalue weighted by molar-refractivity contribution is 0.0502. The molecule has 0 saturated heterocycles. The van der Waals surface area contributed by atoms with Gasteiger partial charge in [0.1, 0.15) is 0 Å². The summed E-state index contributed by atoms with van der Waals surface area (Å²) in [5.74, 6) is 0. The maximum Gasteiger partial charge on any atom is 0.0700 e. The van der Waals surface area contributed by atoms with Gasteiger partial charge in [-0.25, -0.2) is 0 Å². The van der Waals surface area contributed by atoms with Gasteiger partial charge in [-0.2, -0.15) is 0 Å². The molecule has 0 aromatic carbocycles. The third-order valence-corrected chi connectivity index (χ3v) is 2.80. The highest BCUT2D eigenvalue weighted by atomic mass is 16.5. The van der Waals surface area contributed by atoms with Gasteiger partial charge in [-0.05, 0) is 39.7 Å². The zero-order valence-electron chi connectivity index (χ0n) is 11.6. The van der Waals surface area contributed by atoms with Crippen molar-refractivity contribution in [3.8, 4) is 0 Å². The molecular weight excluding hydrogens is 218 g/mol. The molecule has 0 radical (unpaired) electrons. The zero-order chi connectivity index (χ0) is 13.0. The summed E-state index contributed by atoms with van der Waals surface area (Å²) in [7, 11) is 0. The predicted molar refractivity (Wildman–Crippen MR) is 70.3 cm³/mol. The summed E-state index contributed by atoms with van der Waals surface area (Å²) in [5, 5.41) is 12.6. The molecule has 0 aliphatic carbocycles. The molecule has 0 aliphatic rings. The van der Waals surface area contributed by atoms with Gasteiger partial charge in [-0.15, -0.1) is 0 Å². The van der Waals surface area contributed by atoms with E-state index in [9.17, 15) is 5.11 Å². The van der Waals surface area contributed by atoms with Crippen molar-refractivity contribution in [2.45, 2.75) is 45.6 Å². The Kier molecular flexibility index (Phi) is 10.9. The summed E-state index contributed by atoms with van der Waals surface area (Å²) >= 11 is 0. The Morgan fingerprint density at radius 1 is 1.06 bits per heavy atom. The molecule has 1 atom stereocenters. The molecule has 17 heavy (non-hydrogen) atoms. The molecule has 0 amide bonds. The van der Waals surface area contributed by atoms with Gasteiger partial charge in [0.25, 0.3) is 0 Å². The molecule has 0 rings (SSSR count). The van der Waals surface area contributed by atoms with Crippen LogP contribution in [0, 0.1) is 0 Å². The molecule has 0 aliphatic heterocycles. The number of rotatable bonds is 12. The molecule has 104 valence electrons. The van der Waals surface area contributed by atoms with Crippen LogP contribution in [0.15, 0.2) is 0 Å². The van der Waals surface area contributed by atoms with E-state index in [0.717, 1.165) is 39.0 Å². The molecule has 0 aromatic heterocycles. The maximum atomic E-state index is 9.31. The number of unbranched alkanes of at least 4 members (excludes halogenated alkanes) is 1. The molecule has 4 heteroatoms. The van der Waals surface area contributed by atoms with Crippen molar-refractivity contribution >= 4 is 0 Å². The van der Waals surface area contributed by atoms with E-state index < -0.39 is 0 Å². The molecule has 0 aromatic rings. The second kappa shape index (κ2) is 11.0. The minimum absolute atomic E-state index is 0.139. The number of nitrogens with one attached hydrogen (secondary N) is 1. The van der Waals surface area contributed by atoms with E-state index in [0.29, 0.717) is 13.2 Å². The van der Waals surface area contributed by atoms with Gasteiger partial charge in [-0.3, -0.25) is 0 Å². The fraction of sp³-hybridized carbons (Fsp3) is 1.00. The lowest BCUT2D eigenvalue weighted by atomic mass is 9.96. The molecule has 2 N–H and O–H groups in total. The van der Waals surface area contributed by atoms with Crippen LogP contribution < -0.4 is 5.32 Å². The highest BCUT2D eigenvalue weighted by molar-refractivity contribution is 4.81. The van der Waals surface area contributed by atoms with Gasteiger partial charge in [0, 0.05) is 18.8 Å². The Hall–Kier alpha value is -0.160. The monoisotopic (exact) mass is 247 g/mol. The molecule has 0 bridgehead atoms. The van der Waals surface area contributed by atoms with Crippen LogP contribution in [0.25, 0.3) is 0 Å². The summed E-state index contributed by atoms with van der Waals surface area (Å²) in [6.45, 7) is 10.1. The first-order valence-corrected chi connectivity index (χ1v) is 6.70. The molecule has 0 spiro atoms. The number of aliphatic hydroxyl groups excluding tert-OH is 1. The zero-order valence-corrected chi connectivity index (χ0v) is 11.6. The van der Waals surface area contributed by atoms with Gasteiger partial charge in [-0.1, -0.05) is 6.92 Å². The summed E-state index contributed by atoms with van der Waals surface area (Å²) in [4.78, 5) is 0. The third kappa shape index (κ3) is 9.53. The minimum atomic E-state index is -0.139. The fourth-order valence-electron chi connectivity index (χ4n) is 1.73. The van der Waals surface area contributed by atoms with Crippen LogP contribution in [0.3, 0.4) is 0 Å². The molecule has 0 saturated carbocycles. The summed E-state index contributed by atoms with van der Waals surface area (Å²) < 4.78 is 10.6. The van der Waals surface area contributed by atoms with E-state index in [1.807, 2.05) is 6.92 Å². The van der Waals surface area contributed by atoms with Crippen LogP contribution in [0.5, 0.6) is 0 Å².